The van der Waals surface area contributed by atoms with Gasteiger partial charge in [0.2, 0.25) is 0 Å². The molecule has 1 unspecified atom stereocenters. The van der Waals surface area contributed by atoms with Gasteiger partial charge in [-0.05, 0) is 42.0 Å². The van der Waals surface area contributed by atoms with Gasteiger partial charge in [0.15, 0.2) is 0 Å². The molecule has 0 aliphatic carbocycles. The molecule has 23 heavy (non-hydrogen) atoms. The zero-order valence-electron chi connectivity index (χ0n) is 14.2. The van der Waals surface area contributed by atoms with E-state index < -0.39 is 11.9 Å². The highest BCUT2D eigenvalue weighted by molar-refractivity contribution is 5.82. The second kappa shape index (κ2) is 7.32. The van der Waals surface area contributed by atoms with Crippen LogP contribution in [0.5, 0.6) is 5.75 Å². The predicted octanol–water partition coefficient (Wildman–Crippen LogP) is 4.75. The first-order chi connectivity index (χ1) is 10.9. The number of aliphatic carboxylic acids is 1. The molecule has 2 rings (SSSR count). The molecular formula is C20H24O3. The van der Waals surface area contributed by atoms with Crippen LogP contribution in [0.2, 0.25) is 0 Å². The molecule has 1 atom stereocenters. The van der Waals surface area contributed by atoms with Crippen molar-refractivity contribution < 1.29 is 14.6 Å². The van der Waals surface area contributed by atoms with Gasteiger partial charge in [-0.15, -0.1) is 0 Å². The summed E-state index contributed by atoms with van der Waals surface area (Å²) in [6.45, 7) is 6.08. The zero-order chi connectivity index (χ0) is 17.0. The molecular weight excluding hydrogens is 288 g/mol. The molecule has 0 aliphatic rings. The SMILES string of the molecule is COc1ccccc1-c1cc(CC(C)C)ccc1C(C)C(=O)O. The van der Waals surface area contributed by atoms with Gasteiger partial charge in [-0.2, -0.15) is 0 Å². The number of hydrogen-bond acceptors (Lipinski definition) is 2. The molecule has 0 saturated heterocycles. The lowest BCUT2D eigenvalue weighted by molar-refractivity contribution is -0.138. The summed E-state index contributed by atoms with van der Waals surface area (Å²) in [6.07, 6.45) is 0.962. The number of para-hydroxylation sites is 1. The molecule has 2 aromatic rings. The standard InChI is InChI=1S/C20H24O3/c1-13(2)11-15-9-10-16(14(3)20(21)22)18(12-15)17-7-5-6-8-19(17)23-4/h5-10,12-14H,11H2,1-4H3,(H,21,22). The second-order valence-corrected chi connectivity index (χ2v) is 6.28. The van der Waals surface area contributed by atoms with Crippen molar-refractivity contribution >= 4 is 5.97 Å². The van der Waals surface area contributed by atoms with Crippen LogP contribution in [-0.2, 0) is 11.2 Å². The zero-order valence-corrected chi connectivity index (χ0v) is 14.2. The molecule has 3 heteroatoms. The summed E-state index contributed by atoms with van der Waals surface area (Å²) < 4.78 is 5.47. The monoisotopic (exact) mass is 312 g/mol. The number of carboxylic acids is 1. The number of carbonyl (C=O) groups is 1. The Hall–Kier alpha value is -2.29. The van der Waals surface area contributed by atoms with E-state index in [0.29, 0.717) is 5.92 Å². The Labute approximate surface area is 137 Å². The van der Waals surface area contributed by atoms with E-state index in [1.54, 1.807) is 14.0 Å². The van der Waals surface area contributed by atoms with Gasteiger partial charge >= 0.3 is 5.97 Å². The third kappa shape index (κ3) is 3.92. The van der Waals surface area contributed by atoms with Crippen molar-refractivity contribution in [2.24, 2.45) is 5.92 Å². The lowest BCUT2D eigenvalue weighted by atomic mass is 9.88. The molecule has 0 fully saturated rings. The molecule has 2 aromatic carbocycles. The van der Waals surface area contributed by atoms with Crippen molar-refractivity contribution in [3.05, 3.63) is 53.6 Å². The third-order valence-electron chi connectivity index (χ3n) is 4.00. The normalized spacial score (nSPS) is 12.2. The van der Waals surface area contributed by atoms with E-state index in [0.717, 1.165) is 28.9 Å². The summed E-state index contributed by atoms with van der Waals surface area (Å²) in [7, 11) is 1.64. The molecule has 0 aliphatic heterocycles. The smallest absolute Gasteiger partial charge is 0.310 e. The Balaban J connectivity index is 2.62. The predicted molar refractivity (Wildman–Crippen MR) is 93.0 cm³/mol. The van der Waals surface area contributed by atoms with Crippen LogP contribution in [0.1, 0.15) is 37.8 Å². The molecule has 0 amide bonds. The van der Waals surface area contributed by atoms with E-state index in [9.17, 15) is 9.90 Å². The lowest BCUT2D eigenvalue weighted by Crippen LogP contribution is -2.09. The van der Waals surface area contributed by atoms with Gasteiger partial charge in [-0.1, -0.05) is 50.2 Å². The Morgan fingerprint density at radius 1 is 1.09 bits per heavy atom. The summed E-state index contributed by atoms with van der Waals surface area (Å²) >= 11 is 0. The average Bonchev–Trinajstić information content (AvgIpc) is 2.53. The van der Waals surface area contributed by atoms with Crippen LogP contribution >= 0.6 is 0 Å². The maximum Gasteiger partial charge on any atom is 0.310 e. The summed E-state index contributed by atoms with van der Waals surface area (Å²) in [6, 6.07) is 13.8. The number of rotatable bonds is 6. The van der Waals surface area contributed by atoms with Crippen LogP contribution in [0, 0.1) is 5.92 Å². The van der Waals surface area contributed by atoms with Crippen molar-refractivity contribution in [1.82, 2.24) is 0 Å². The van der Waals surface area contributed by atoms with E-state index >= 15 is 0 Å². The fraction of sp³-hybridized carbons (Fsp3) is 0.350. The van der Waals surface area contributed by atoms with E-state index in [4.69, 9.17) is 4.74 Å². The van der Waals surface area contributed by atoms with Crippen molar-refractivity contribution in [3.8, 4) is 16.9 Å². The molecule has 0 aromatic heterocycles. The van der Waals surface area contributed by atoms with Gasteiger partial charge in [-0.3, -0.25) is 4.79 Å². The summed E-state index contributed by atoms with van der Waals surface area (Å²) in [5.41, 5.74) is 3.90. The van der Waals surface area contributed by atoms with Crippen LogP contribution in [0.4, 0.5) is 0 Å². The minimum atomic E-state index is -0.822. The number of hydrogen-bond donors (Lipinski definition) is 1. The van der Waals surface area contributed by atoms with Gasteiger partial charge in [-0.25, -0.2) is 0 Å². The van der Waals surface area contributed by atoms with Gasteiger partial charge in [0.25, 0.3) is 0 Å². The number of methoxy groups -OCH3 is 1. The highest BCUT2D eigenvalue weighted by Crippen LogP contribution is 2.36. The van der Waals surface area contributed by atoms with Gasteiger partial charge in [0, 0.05) is 5.56 Å². The highest BCUT2D eigenvalue weighted by atomic mass is 16.5. The molecule has 0 heterocycles. The fourth-order valence-corrected chi connectivity index (χ4v) is 2.81. The van der Waals surface area contributed by atoms with E-state index in [1.165, 1.54) is 5.56 Å². The van der Waals surface area contributed by atoms with E-state index in [2.05, 4.69) is 19.9 Å². The molecule has 0 saturated carbocycles. The van der Waals surface area contributed by atoms with Crippen LogP contribution in [0.3, 0.4) is 0 Å². The van der Waals surface area contributed by atoms with Gasteiger partial charge in [0.05, 0.1) is 13.0 Å². The van der Waals surface area contributed by atoms with E-state index in [-0.39, 0.29) is 0 Å². The minimum Gasteiger partial charge on any atom is -0.496 e. The Morgan fingerprint density at radius 2 is 1.78 bits per heavy atom. The summed E-state index contributed by atoms with van der Waals surface area (Å²) in [5.74, 6) is -0.0860. The van der Waals surface area contributed by atoms with Crippen molar-refractivity contribution in [3.63, 3.8) is 0 Å². The van der Waals surface area contributed by atoms with Gasteiger partial charge in [0.1, 0.15) is 5.75 Å². The van der Waals surface area contributed by atoms with Crippen LogP contribution in [-0.4, -0.2) is 18.2 Å². The molecule has 1 N–H and O–H groups in total. The largest absolute Gasteiger partial charge is 0.496 e. The summed E-state index contributed by atoms with van der Waals surface area (Å²) in [5, 5.41) is 9.42. The molecule has 0 bridgehead atoms. The van der Waals surface area contributed by atoms with Crippen molar-refractivity contribution in [2.75, 3.05) is 7.11 Å². The fourth-order valence-electron chi connectivity index (χ4n) is 2.81. The van der Waals surface area contributed by atoms with Crippen LogP contribution < -0.4 is 4.74 Å². The first-order valence-electron chi connectivity index (χ1n) is 7.93. The minimum absolute atomic E-state index is 0.545. The molecule has 0 radical (unpaired) electrons. The maximum absolute atomic E-state index is 11.5. The Kier molecular flexibility index (Phi) is 5.43. The third-order valence-corrected chi connectivity index (χ3v) is 4.00. The number of benzene rings is 2. The Morgan fingerprint density at radius 3 is 2.39 bits per heavy atom. The van der Waals surface area contributed by atoms with Crippen molar-refractivity contribution in [1.29, 1.82) is 0 Å². The molecule has 0 spiro atoms. The maximum atomic E-state index is 11.5. The quantitative estimate of drug-likeness (QED) is 0.837. The topological polar surface area (TPSA) is 46.5 Å². The first-order valence-corrected chi connectivity index (χ1v) is 7.93. The van der Waals surface area contributed by atoms with Crippen LogP contribution in [0.15, 0.2) is 42.5 Å². The first kappa shape index (κ1) is 17.1. The molecule has 122 valence electrons. The van der Waals surface area contributed by atoms with Crippen LogP contribution in [0.25, 0.3) is 11.1 Å². The van der Waals surface area contributed by atoms with Gasteiger partial charge < -0.3 is 9.84 Å². The second-order valence-electron chi connectivity index (χ2n) is 6.28. The van der Waals surface area contributed by atoms with Crippen molar-refractivity contribution in [2.45, 2.75) is 33.1 Å². The lowest BCUT2D eigenvalue weighted by Gasteiger charge is -2.18. The van der Waals surface area contributed by atoms with E-state index in [1.807, 2.05) is 36.4 Å². The number of ether oxygens (including phenoxy) is 1. The summed E-state index contributed by atoms with van der Waals surface area (Å²) in [4.78, 5) is 11.5. The highest BCUT2D eigenvalue weighted by Gasteiger charge is 2.20. The average molecular weight is 312 g/mol. The number of carboxylic acid groups (broad SMARTS) is 1. The molecule has 3 nitrogen and oxygen atoms in total. The Bertz CT molecular complexity index is 689.